The largest absolute Gasteiger partial charge is 0.455 e. The van der Waals surface area contributed by atoms with E-state index in [2.05, 4.69) is 13.8 Å². The number of hydrogen-bond donors (Lipinski definition) is 1. The highest BCUT2D eigenvalue weighted by Crippen LogP contribution is 2.38. The van der Waals surface area contributed by atoms with Gasteiger partial charge in [0, 0.05) is 13.1 Å². The summed E-state index contributed by atoms with van der Waals surface area (Å²) in [7, 11) is 0. The monoisotopic (exact) mass is 264 g/mol. The second-order valence-corrected chi connectivity index (χ2v) is 5.47. The Morgan fingerprint density at radius 3 is 2.42 bits per heavy atom. The molecule has 0 bridgehead atoms. The average molecular weight is 264 g/mol. The van der Waals surface area contributed by atoms with Crippen LogP contribution >= 0.6 is 0 Å². The van der Waals surface area contributed by atoms with Gasteiger partial charge in [-0.25, -0.2) is 0 Å². The summed E-state index contributed by atoms with van der Waals surface area (Å²) in [4.78, 5) is 14.2. The highest BCUT2D eigenvalue weighted by molar-refractivity contribution is 5.91. The third-order valence-corrected chi connectivity index (χ3v) is 4.68. The molecule has 19 heavy (non-hydrogen) atoms. The van der Waals surface area contributed by atoms with E-state index in [9.17, 15) is 4.79 Å². The smallest absolute Gasteiger partial charge is 0.289 e. The van der Waals surface area contributed by atoms with Crippen LogP contribution in [0.5, 0.6) is 0 Å². The average Bonchev–Trinajstić information content (AvgIpc) is 2.95. The second-order valence-electron chi connectivity index (χ2n) is 5.47. The fraction of sp³-hybridized carbons (Fsp3) is 0.667. The SMILES string of the molecule is CCC1(CC)CCN(C(=O)c2ccc(CN)o2)CC1. The van der Waals surface area contributed by atoms with Crippen molar-refractivity contribution in [2.75, 3.05) is 13.1 Å². The van der Waals surface area contributed by atoms with Crippen molar-refractivity contribution in [2.45, 2.75) is 46.1 Å². The molecule has 0 radical (unpaired) electrons. The molecule has 1 aromatic heterocycles. The van der Waals surface area contributed by atoms with Gasteiger partial charge in [-0.3, -0.25) is 4.79 Å². The maximum Gasteiger partial charge on any atom is 0.289 e. The molecule has 0 unspecified atom stereocenters. The van der Waals surface area contributed by atoms with Gasteiger partial charge in [0.25, 0.3) is 5.91 Å². The number of hydrogen-bond acceptors (Lipinski definition) is 3. The van der Waals surface area contributed by atoms with Crippen molar-refractivity contribution in [2.24, 2.45) is 11.1 Å². The van der Waals surface area contributed by atoms with Gasteiger partial charge >= 0.3 is 0 Å². The van der Waals surface area contributed by atoms with Gasteiger partial charge in [-0.15, -0.1) is 0 Å². The minimum absolute atomic E-state index is 0.000469. The maximum absolute atomic E-state index is 12.3. The zero-order valence-corrected chi connectivity index (χ0v) is 11.9. The number of piperidine rings is 1. The van der Waals surface area contributed by atoms with Crippen LogP contribution in [0.25, 0.3) is 0 Å². The van der Waals surface area contributed by atoms with Crippen molar-refractivity contribution < 1.29 is 9.21 Å². The number of rotatable bonds is 4. The predicted octanol–water partition coefficient (Wildman–Crippen LogP) is 2.78. The lowest BCUT2D eigenvalue weighted by molar-refractivity contribution is 0.0527. The molecule has 0 aromatic carbocycles. The Morgan fingerprint density at radius 2 is 1.95 bits per heavy atom. The molecule has 1 aliphatic heterocycles. The molecule has 2 N–H and O–H groups in total. The van der Waals surface area contributed by atoms with Gasteiger partial charge in [-0.2, -0.15) is 0 Å². The van der Waals surface area contributed by atoms with Crippen LogP contribution in [-0.2, 0) is 6.54 Å². The van der Waals surface area contributed by atoms with Gasteiger partial charge in [0.1, 0.15) is 5.76 Å². The topological polar surface area (TPSA) is 59.5 Å². The van der Waals surface area contributed by atoms with Crippen molar-refractivity contribution in [3.8, 4) is 0 Å². The Bertz CT molecular complexity index is 425. The molecule has 106 valence electrons. The molecular weight excluding hydrogens is 240 g/mol. The summed E-state index contributed by atoms with van der Waals surface area (Å²) in [6, 6.07) is 3.51. The maximum atomic E-state index is 12.3. The van der Waals surface area contributed by atoms with Crippen LogP contribution < -0.4 is 5.73 Å². The van der Waals surface area contributed by atoms with Crippen LogP contribution in [0.2, 0.25) is 0 Å². The molecule has 1 fully saturated rings. The van der Waals surface area contributed by atoms with Crippen LogP contribution in [-0.4, -0.2) is 23.9 Å². The Hall–Kier alpha value is -1.29. The molecule has 4 nitrogen and oxygen atoms in total. The summed E-state index contributed by atoms with van der Waals surface area (Å²) in [6.07, 6.45) is 4.58. The lowest BCUT2D eigenvalue weighted by Gasteiger charge is -2.40. The molecule has 4 heteroatoms. The lowest BCUT2D eigenvalue weighted by Crippen LogP contribution is -2.42. The van der Waals surface area contributed by atoms with E-state index in [1.165, 1.54) is 12.8 Å². The minimum atomic E-state index is 0.000469. The molecule has 0 atom stereocenters. The number of amides is 1. The fourth-order valence-corrected chi connectivity index (χ4v) is 2.90. The van der Waals surface area contributed by atoms with Crippen molar-refractivity contribution in [1.82, 2.24) is 4.90 Å². The highest BCUT2D eigenvalue weighted by Gasteiger charge is 2.33. The summed E-state index contributed by atoms with van der Waals surface area (Å²) < 4.78 is 5.44. The standard InChI is InChI=1S/C15H24N2O2/c1-3-15(4-2)7-9-17(10-8-15)14(18)13-6-5-12(11-16)19-13/h5-6H,3-4,7-11,16H2,1-2H3. The summed E-state index contributed by atoms with van der Waals surface area (Å²) in [5.41, 5.74) is 5.93. The van der Waals surface area contributed by atoms with Crippen molar-refractivity contribution in [3.05, 3.63) is 23.7 Å². The van der Waals surface area contributed by atoms with Crippen LogP contribution in [0.3, 0.4) is 0 Å². The predicted molar refractivity (Wildman–Crippen MR) is 74.8 cm³/mol. The van der Waals surface area contributed by atoms with E-state index in [0.29, 0.717) is 23.5 Å². The molecule has 0 aliphatic carbocycles. The normalized spacial score (nSPS) is 18.6. The van der Waals surface area contributed by atoms with Crippen molar-refractivity contribution >= 4 is 5.91 Å². The summed E-state index contributed by atoms with van der Waals surface area (Å²) in [5, 5.41) is 0. The van der Waals surface area contributed by atoms with E-state index in [1.54, 1.807) is 12.1 Å². The summed E-state index contributed by atoms with van der Waals surface area (Å²) >= 11 is 0. The van der Waals surface area contributed by atoms with E-state index < -0.39 is 0 Å². The third kappa shape index (κ3) is 2.84. The minimum Gasteiger partial charge on any atom is -0.455 e. The Labute approximate surface area is 114 Å². The number of nitrogens with zero attached hydrogens (tertiary/aromatic N) is 1. The quantitative estimate of drug-likeness (QED) is 0.909. The summed E-state index contributed by atoms with van der Waals surface area (Å²) in [5.74, 6) is 1.08. The zero-order valence-electron chi connectivity index (χ0n) is 11.9. The Morgan fingerprint density at radius 1 is 1.32 bits per heavy atom. The first-order chi connectivity index (χ1) is 9.14. The number of carbonyl (C=O) groups is 1. The van der Waals surface area contributed by atoms with E-state index >= 15 is 0 Å². The van der Waals surface area contributed by atoms with Gasteiger partial charge in [-0.05, 0) is 30.4 Å². The lowest BCUT2D eigenvalue weighted by atomic mass is 9.74. The molecular formula is C15H24N2O2. The third-order valence-electron chi connectivity index (χ3n) is 4.68. The molecule has 0 spiro atoms. The van der Waals surface area contributed by atoms with Crippen molar-refractivity contribution in [1.29, 1.82) is 0 Å². The number of likely N-dealkylation sites (tertiary alicyclic amines) is 1. The molecule has 1 amide bonds. The molecule has 2 heterocycles. The Balaban J connectivity index is 1.99. The Kier molecular flexibility index (Phi) is 4.30. The van der Waals surface area contributed by atoms with Gasteiger partial charge in [0.2, 0.25) is 0 Å². The van der Waals surface area contributed by atoms with Gasteiger partial charge in [0.15, 0.2) is 5.76 Å². The number of nitrogens with two attached hydrogens (primary N) is 1. The second kappa shape index (κ2) is 5.78. The highest BCUT2D eigenvalue weighted by atomic mass is 16.4. The molecule has 2 rings (SSSR count). The van der Waals surface area contributed by atoms with E-state index in [1.807, 2.05) is 4.90 Å². The molecule has 1 saturated heterocycles. The first-order valence-electron chi connectivity index (χ1n) is 7.22. The van der Waals surface area contributed by atoms with Crippen LogP contribution in [0.4, 0.5) is 0 Å². The van der Waals surface area contributed by atoms with Gasteiger partial charge < -0.3 is 15.1 Å². The summed E-state index contributed by atoms with van der Waals surface area (Å²) in [6.45, 7) is 6.50. The van der Waals surface area contributed by atoms with E-state index in [4.69, 9.17) is 10.2 Å². The first kappa shape index (κ1) is 14.1. The fourth-order valence-electron chi connectivity index (χ4n) is 2.90. The van der Waals surface area contributed by atoms with E-state index in [0.717, 1.165) is 25.9 Å². The van der Waals surface area contributed by atoms with Crippen LogP contribution in [0.1, 0.15) is 55.8 Å². The molecule has 1 aromatic rings. The van der Waals surface area contributed by atoms with Crippen molar-refractivity contribution in [3.63, 3.8) is 0 Å². The molecule has 1 aliphatic rings. The zero-order chi connectivity index (χ0) is 13.9. The van der Waals surface area contributed by atoms with Gasteiger partial charge in [-0.1, -0.05) is 26.7 Å². The first-order valence-corrected chi connectivity index (χ1v) is 7.22. The van der Waals surface area contributed by atoms with Gasteiger partial charge in [0.05, 0.1) is 6.54 Å². The van der Waals surface area contributed by atoms with Crippen LogP contribution in [0.15, 0.2) is 16.5 Å². The number of furan rings is 1. The number of carbonyl (C=O) groups excluding carboxylic acids is 1. The molecule has 0 saturated carbocycles. The van der Waals surface area contributed by atoms with Crippen LogP contribution in [0, 0.1) is 5.41 Å². The van der Waals surface area contributed by atoms with E-state index in [-0.39, 0.29) is 5.91 Å².